The van der Waals surface area contributed by atoms with Crippen LogP contribution in [0, 0.1) is 32.0 Å². The topological polar surface area (TPSA) is 46.2 Å². The molecule has 0 aromatic heterocycles. The number of Topliss-reactive ketones (excluding diaryl/α,β-unsaturated/α-hetero) is 1. The lowest BCUT2D eigenvalue weighted by atomic mass is 9.93. The monoisotopic (exact) mass is 605 g/mol. The van der Waals surface area contributed by atoms with Crippen LogP contribution < -0.4 is 5.32 Å². The molecule has 1 saturated carbocycles. The molecule has 45 heavy (non-hydrogen) atoms. The van der Waals surface area contributed by atoms with Crippen molar-refractivity contribution in [3.05, 3.63) is 144 Å². The summed E-state index contributed by atoms with van der Waals surface area (Å²) in [6.45, 7) is 21.7. The van der Waals surface area contributed by atoms with Crippen LogP contribution in [0.2, 0.25) is 0 Å². The Hall–Kier alpha value is -4.79. The predicted octanol–water partition coefficient (Wildman–Crippen LogP) is 11.0. The number of aryl methyl sites for hydroxylation is 4. The van der Waals surface area contributed by atoms with Gasteiger partial charge in [-0.25, -0.2) is 4.39 Å². The summed E-state index contributed by atoms with van der Waals surface area (Å²) in [4.78, 5) is 25.1. The Balaban J connectivity index is 0.000000448. The second-order valence-corrected chi connectivity index (χ2v) is 11.1. The smallest absolute Gasteiger partial charge is 0.238 e. The quantitative estimate of drug-likeness (QED) is 0.117. The van der Waals surface area contributed by atoms with Crippen molar-refractivity contribution in [3.8, 4) is 0 Å². The number of benzene rings is 4. The Morgan fingerprint density at radius 3 is 1.98 bits per heavy atom. The maximum atomic E-state index is 12.9. The predicted molar refractivity (Wildman–Crippen MR) is 193 cm³/mol. The summed E-state index contributed by atoms with van der Waals surface area (Å²) in [6.07, 6.45) is 5.52. The fraction of sp³-hybridized carbons (Fsp3) is 0.244. The average Bonchev–Trinajstić information content (AvgIpc) is 3.88. The minimum atomic E-state index is -0.892. The molecule has 0 bridgehead atoms. The maximum Gasteiger partial charge on any atom is 0.238 e. The van der Waals surface area contributed by atoms with Crippen LogP contribution in [0.15, 0.2) is 104 Å². The van der Waals surface area contributed by atoms with Crippen LogP contribution in [0.1, 0.15) is 69.3 Å². The van der Waals surface area contributed by atoms with Crippen molar-refractivity contribution in [2.75, 3.05) is 5.32 Å². The highest BCUT2D eigenvalue weighted by Crippen LogP contribution is 2.48. The first-order valence-corrected chi connectivity index (χ1v) is 15.5. The molecule has 0 radical (unpaired) electrons. The molecule has 0 heterocycles. The van der Waals surface area contributed by atoms with Gasteiger partial charge >= 0.3 is 0 Å². The van der Waals surface area contributed by atoms with E-state index in [1.54, 1.807) is 30.3 Å². The van der Waals surface area contributed by atoms with Gasteiger partial charge in [0.15, 0.2) is 0 Å². The minimum Gasteiger partial charge on any atom is -0.325 e. The lowest BCUT2D eigenvalue weighted by molar-refractivity contribution is -0.133. The second-order valence-electron chi connectivity index (χ2n) is 11.1. The number of carbonyl (C=O) groups excluding carboxylic acids is 2. The van der Waals surface area contributed by atoms with E-state index in [4.69, 9.17) is 0 Å². The van der Waals surface area contributed by atoms with Crippen molar-refractivity contribution in [2.24, 2.45) is 5.41 Å². The van der Waals surface area contributed by atoms with Gasteiger partial charge in [-0.05, 0) is 115 Å². The van der Waals surface area contributed by atoms with Crippen molar-refractivity contribution in [1.82, 2.24) is 0 Å². The molecule has 0 saturated heterocycles. The number of fused-ring (bicyclic) bond motifs is 1. The fourth-order valence-electron chi connectivity index (χ4n) is 5.22. The van der Waals surface area contributed by atoms with Gasteiger partial charge in [-0.1, -0.05) is 88.2 Å². The first-order valence-electron chi connectivity index (χ1n) is 15.5. The van der Waals surface area contributed by atoms with E-state index >= 15 is 0 Å². The molecule has 236 valence electrons. The molecule has 5 rings (SSSR count). The highest BCUT2D eigenvalue weighted by atomic mass is 19.1. The molecule has 1 aliphatic rings. The van der Waals surface area contributed by atoms with E-state index in [0.717, 1.165) is 16.7 Å². The molecule has 0 unspecified atom stereocenters. The van der Waals surface area contributed by atoms with Crippen LogP contribution >= 0.6 is 0 Å². The van der Waals surface area contributed by atoms with E-state index in [1.165, 1.54) is 45.2 Å². The highest BCUT2D eigenvalue weighted by Gasteiger charge is 2.55. The molecule has 1 N–H and O–H groups in total. The third-order valence-corrected chi connectivity index (χ3v) is 8.16. The lowest BCUT2D eigenvalue weighted by Gasteiger charge is -2.14. The number of amides is 1. The van der Waals surface area contributed by atoms with Gasteiger partial charge < -0.3 is 5.32 Å². The maximum absolute atomic E-state index is 12.9. The van der Waals surface area contributed by atoms with E-state index in [1.807, 2.05) is 32.1 Å². The Morgan fingerprint density at radius 2 is 1.47 bits per heavy atom. The average molecular weight is 606 g/mol. The third kappa shape index (κ3) is 8.44. The number of rotatable bonds is 9. The summed E-state index contributed by atoms with van der Waals surface area (Å²) >= 11 is 0. The van der Waals surface area contributed by atoms with Crippen molar-refractivity contribution in [1.29, 1.82) is 0 Å². The summed E-state index contributed by atoms with van der Waals surface area (Å²) in [6, 6.07) is 22.2. The van der Waals surface area contributed by atoms with E-state index < -0.39 is 5.41 Å². The van der Waals surface area contributed by atoms with Gasteiger partial charge in [-0.3, -0.25) is 9.59 Å². The normalized spacial score (nSPS) is 12.3. The summed E-state index contributed by atoms with van der Waals surface area (Å²) in [5, 5.41) is 5.46. The van der Waals surface area contributed by atoms with Gasteiger partial charge in [0.25, 0.3) is 0 Å². The standard InChI is InChI=1S/C21H20FNO2.C18H18.C2H6.2H2/c1-2-15-5-10-18(11-6-15)23-20(25)21(13-14-21)19(24)12-7-16-3-8-17(22)9-4-16;1-6-15(7-2)16-11-18-13(4)9-8-12(3)17(18)10-14(16)5;1-2;;/h2-6,8-11H,1,7,12-14H2,(H,23,25);6,8-11H,1-2H2,3-5H3;1-2H3;2*1H. The van der Waals surface area contributed by atoms with Crippen molar-refractivity contribution in [3.63, 3.8) is 0 Å². The summed E-state index contributed by atoms with van der Waals surface area (Å²) in [5.41, 5.74) is 10.6. The number of nitrogens with one attached hydrogen (secondary N) is 1. The van der Waals surface area contributed by atoms with E-state index in [9.17, 15) is 14.0 Å². The number of allylic oxidation sites excluding steroid dienone is 2. The Labute approximate surface area is 270 Å². The van der Waals surface area contributed by atoms with Crippen LogP contribution in [0.4, 0.5) is 10.1 Å². The summed E-state index contributed by atoms with van der Waals surface area (Å²) in [5.74, 6) is -0.574. The molecule has 1 amide bonds. The number of hydrogen-bond acceptors (Lipinski definition) is 2. The molecule has 0 atom stereocenters. The molecule has 3 nitrogen and oxygen atoms in total. The van der Waals surface area contributed by atoms with Crippen LogP contribution in [0.3, 0.4) is 0 Å². The first-order chi connectivity index (χ1) is 21.6. The zero-order valence-electron chi connectivity index (χ0n) is 27.2. The van der Waals surface area contributed by atoms with Gasteiger partial charge in [-0.15, -0.1) is 5.73 Å². The SMILES string of the molecule is C=C=C(C=C)c1cc2c(C)ccc(C)c2cc1C.C=Cc1ccc(NC(=O)C2(C(=O)CCc3ccc(F)cc3)CC2)cc1.CC.[HH].[HH]. The number of halogens is 1. The zero-order chi connectivity index (χ0) is 33.1. The van der Waals surface area contributed by atoms with Crippen LogP contribution in [0.25, 0.3) is 22.4 Å². The highest BCUT2D eigenvalue weighted by molar-refractivity contribution is 6.13. The summed E-state index contributed by atoms with van der Waals surface area (Å²) in [7, 11) is 0. The van der Waals surface area contributed by atoms with Crippen molar-refractivity contribution < 1.29 is 16.8 Å². The van der Waals surface area contributed by atoms with Crippen LogP contribution in [0.5, 0.6) is 0 Å². The Bertz CT molecular complexity index is 1750. The first kappa shape index (κ1) is 34.7. The number of hydrogen-bond donors (Lipinski definition) is 1. The number of ketones is 1. The largest absolute Gasteiger partial charge is 0.325 e. The van der Waals surface area contributed by atoms with Gasteiger partial charge in [0.05, 0.1) is 0 Å². The van der Waals surface area contributed by atoms with Crippen LogP contribution in [-0.2, 0) is 16.0 Å². The van der Waals surface area contributed by atoms with Crippen LogP contribution in [-0.4, -0.2) is 11.7 Å². The van der Waals surface area contributed by atoms with E-state index in [2.05, 4.69) is 75.8 Å². The van der Waals surface area contributed by atoms with E-state index in [-0.39, 0.29) is 26.8 Å². The molecule has 4 aromatic rings. The second kappa shape index (κ2) is 15.8. The zero-order valence-corrected chi connectivity index (χ0v) is 27.2. The molecule has 0 spiro atoms. The molecule has 0 aliphatic heterocycles. The van der Waals surface area contributed by atoms with Crippen molar-refractivity contribution >= 4 is 39.8 Å². The Kier molecular flexibility index (Phi) is 12.2. The molecule has 4 heteroatoms. The molecule has 1 fully saturated rings. The van der Waals surface area contributed by atoms with E-state index in [0.29, 0.717) is 24.9 Å². The van der Waals surface area contributed by atoms with Crippen molar-refractivity contribution in [2.45, 2.75) is 60.3 Å². The van der Waals surface area contributed by atoms with Gasteiger partial charge in [0, 0.05) is 20.5 Å². The molecular weight excluding hydrogens is 557 g/mol. The fourth-order valence-corrected chi connectivity index (χ4v) is 5.22. The number of anilines is 1. The third-order valence-electron chi connectivity index (χ3n) is 8.16. The van der Waals surface area contributed by atoms with Gasteiger partial charge in [0.1, 0.15) is 17.0 Å². The summed E-state index contributed by atoms with van der Waals surface area (Å²) < 4.78 is 12.9. The van der Waals surface area contributed by atoms with Gasteiger partial charge in [0.2, 0.25) is 5.91 Å². The Morgan fingerprint density at radius 1 is 0.889 bits per heavy atom. The van der Waals surface area contributed by atoms with Gasteiger partial charge in [-0.2, -0.15) is 0 Å². The number of carbonyl (C=O) groups is 2. The molecule has 1 aliphatic carbocycles. The lowest BCUT2D eigenvalue weighted by Crippen LogP contribution is -2.31. The molecule has 4 aromatic carbocycles. The minimum absolute atomic E-state index is 0. The molecular formula is C41H48FNO2.